The van der Waals surface area contributed by atoms with E-state index in [0.717, 1.165) is 16.3 Å². The Balaban J connectivity index is 1.80. The Morgan fingerprint density at radius 3 is 2.62 bits per heavy atom. The largest absolute Gasteiger partial charge is 0.504 e. The summed E-state index contributed by atoms with van der Waals surface area (Å²) in [5.41, 5.74) is 2.44. The number of carbonyl (C=O) groups is 1. The molecule has 0 aliphatic carbocycles. The minimum Gasteiger partial charge on any atom is -0.504 e. The lowest BCUT2D eigenvalue weighted by atomic mass is 10.2. The Morgan fingerprint density at radius 2 is 1.88 bits per heavy atom. The molecule has 122 valence electrons. The van der Waals surface area contributed by atoms with Crippen molar-refractivity contribution in [2.45, 2.75) is 0 Å². The summed E-state index contributed by atoms with van der Waals surface area (Å²) in [4.78, 5) is 12.5. The Labute approximate surface area is 145 Å². The number of fused-ring (bicyclic) bond motifs is 1. The zero-order valence-electron chi connectivity index (χ0n) is 12.0. The molecule has 3 rings (SSSR count). The number of nitrogens with one attached hydrogen (secondary N) is 1. The van der Waals surface area contributed by atoms with Gasteiger partial charge in [0.1, 0.15) is 4.88 Å². The second kappa shape index (κ2) is 6.38. The maximum atomic E-state index is 12.2. The summed E-state index contributed by atoms with van der Waals surface area (Å²) in [6.07, 6.45) is 1.15. The minimum absolute atomic E-state index is 0.132. The van der Waals surface area contributed by atoms with Crippen molar-refractivity contribution in [1.29, 1.82) is 0 Å². The van der Waals surface area contributed by atoms with Crippen molar-refractivity contribution in [2.24, 2.45) is 5.10 Å². The fourth-order valence-corrected chi connectivity index (χ4v) is 3.47. The zero-order chi connectivity index (χ0) is 17.3. The maximum absolute atomic E-state index is 12.2. The molecule has 0 saturated carbocycles. The second-order valence-corrected chi connectivity index (χ2v) is 6.24. The van der Waals surface area contributed by atoms with Crippen LogP contribution in [0.25, 0.3) is 10.1 Å². The van der Waals surface area contributed by atoms with Gasteiger partial charge in [0.05, 0.1) is 11.2 Å². The fourth-order valence-electron chi connectivity index (χ4n) is 2.06. The van der Waals surface area contributed by atoms with Crippen molar-refractivity contribution in [3.05, 3.63) is 51.9 Å². The molecule has 0 spiro atoms. The van der Waals surface area contributed by atoms with E-state index >= 15 is 0 Å². The first kappa shape index (κ1) is 16.1. The molecule has 0 atom stereocenters. The topological polar surface area (TPSA) is 102 Å². The summed E-state index contributed by atoms with van der Waals surface area (Å²) in [6, 6.07) is 9.91. The number of carbonyl (C=O) groups excluding carboxylic acids is 1. The molecule has 0 unspecified atom stereocenters. The quantitative estimate of drug-likeness (QED) is 0.325. The van der Waals surface area contributed by atoms with Crippen LogP contribution >= 0.6 is 22.9 Å². The van der Waals surface area contributed by atoms with Crippen LogP contribution in [0.15, 0.2) is 41.5 Å². The summed E-state index contributed by atoms with van der Waals surface area (Å²) in [6.45, 7) is 0. The highest BCUT2D eigenvalue weighted by atomic mass is 35.5. The third kappa shape index (κ3) is 2.86. The number of phenols is 3. The summed E-state index contributed by atoms with van der Waals surface area (Å²) < 4.78 is 0.887. The van der Waals surface area contributed by atoms with Crippen LogP contribution in [0.5, 0.6) is 17.2 Å². The van der Waals surface area contributed by atoms with Gasteiger partial charge in [0, 0.05) is 15.6 Å². The van der Waals surface area contributed by atoms with Gasteiger partial charge >= 0.3 is 0 Å². The summed E-state index contributed by atoms with van der Waals surface area (Å²) in [7, 11) is 0. The molecule has 2 aromatic carbocycles. The van der Waals surface area contributed by atoms with Crippen molar-refractivity contribution in [1.82, 2.24) is 5.43 Å². The Hall–Kier alpha value is -2.77. The van der Waals surface area contributed by atoms with Crippen LogP contribution in [0.1, 0.15) is 15.2 Å². The van der Waals surface area contributed by atoms with Crippen LogP contribution in [-0.2, 0) is 0 Å². The molecule has 0 radical (unpaired) electrons. The Kier molecular flexibility index (Phi) is 4.28. The SMILES string of the molecule is O=C(N/N=C/c1ccc(O)c(O)c1O)c1sc2ccccc2c1Cl. The van der Waals surface area contributed by atoms with Crippen LogP contribution < -0.4 is 5.43 Å². The highest BCUT2D eigenvalue weighted by molar-refractivity contribution is 7.21. The first-order valence-electron chi connectivity index (χ1n) is 6.73. The first-order chi connectivity index (χ1) is 11.5. The van der Waals surface area contributed by atoms with Gasteiger partial charge in [-0.1, -0.05) is 29.8 Å². The highest BCUT2D eigenvalue weighted by Crippen LogP contribution is 2.36. The van der Waals surface area contributed by atoms with Crippen molar-refractivity contribution >= 4 is 45.1 Å². The molecule has 0 bridgehead atoms. The number of hydrogen-bond donors (Lipinski definition) is 4. The number of benzene rings is 2. The number of halogens is 1. The maximum Gasteiger partial charge on any atom is 0.283 e. The van der Waals surface area contributed by atoms with E-state index in [0.29, 0.717) is 9.90 Å². The third-order valence-electron chi connectivity index (χ3n) is 3.27. The zero-order valence-corrected chi connectivity index (χ0v) is 13.6. The smallest absolute Gasteiger partial charge is 0.283 e. The lowest BCUT2D eigenvalue weighted by Crippen LogP contribution is -2.16. The van der Waals surface area contributed by atoms with E-state index in [1.54, 1.807) is 0 Å². The Morgan fingerprint density at radius 1 is 1.12 bits per heavy atom. The van der Waals surface area contributed by atoms with E-state index in [-0.39, 0.29) is 5.56 Å². The number of amides is 1. The monoisotopic (exact) mass is 362 g/mol. The van der Waals surface area contributed by atoms with Gasteiger partial charge in [-0.2, -0.15) is 5.10 Å². The van der Waals surface area contributed by atoms with E-state index < -0.39 is 23.2 Å². The highest BCUT2D eigenvalue weighted by Gasteiger charge is 2.16. The van der Waals surface area contributed by atoms with Crippen molar-refractivity contribution in [2.75, 3.05) is 0 Å². The lowest BCUT2D eigenvalue weighted by Gasteiger charge is -2.03. The van der Waals surface area contributed by atoms with Crippen molar-refractivity contribution < 1.29 is 20.1 Å². The molecule has 1 amide bonds. The van der Waals surface area contributed by atoms with Crippen LogP contribution in [0, 0.1) is 0 Å². The van der Waals surface area contributed by atoms with Crippen LogP contribution in [0.4, 0.5) is 0 Å². The van der Waals surface area contributed by atoms with Crippen LogP contribution in [0.3, 0.4) is 0 Å². The van der Waals surface area contributed by atoms with Crippen LogP contribution in [-0.4, -0.2) is 27.4 Å². The molecule has 0 saturated heterocycles. The first-order valence-corrected chi connectivity index (χ1v) is 7.93. The molecule has 1 heterocycles. The third-order valence-corrected chi connectivity index (χ3v) is 4.95. The molecule has 8 heteroatoms. The number of aromatic hydroxyl groups is 3. The van der Waals surface area contributed by atoms with Gasteiger partial charge in [0.25, 0.3) is 5.91 Å². The van der Waals surface area contributed by atoms with Gasteiger partial charge < -0.3 is 15.3 Å². The fraction of sp³-hybridized carbons (Fsp3) is 0. The van der Waals surface area contributed by atoms with Gasteiger partial charge in [-0.05, 0) is 18.2 Å². The second-order valence-electron chi connectivity index (χ2n) is 4.81. The normalized spacial score (nSPS) is 11.2. The molecule has 6 nitrogen and oxygen atoms in total. The number of phenolic OH excluding ortho intramolecular Hbond substituents is 3. The van der Waals surface area contributed by atoms with Gasteiger partial charge in [0.2, 0.25) is 5.75 Å². The number of rotatable bonds is 3. The number of hydrogen-bond acceptors (Lipinski definition) is 6. The summed E-state index contributed by atoms with van der Waals surface area (Å²) in [5, 5.41) is 33.2. The molecular formula is C16H11ClN2O4S. The molecular weight excluding hydrogens is 352 g/mol. The number of thiophene rings is 1. The van der Waals surface area contributed by atoms with E-state index in [1.807, 2.05) is 24.3 Å². The average Bonchev–Trinajstić information content (AvgIpc) is 2.92. The predicted octanol–water partition coefficient (Wildman–Crippen LogP) is 3.44. The van der Waals surface area contributed by atoms with Gasteiger partial charge in [0.15, 0.2) is 11.5 Å². The molecule has 0 fully saturated rings. The molecule has 3 aromatic rings. The summed E-state index contributed by atoms with van der Waals surface area (Å²) >= 11 is 7.45. The van der Waals surface area contributed by atoms with Gasteiger partial charge in [-0.15, -0.1) is 11.3 Å². The molecule has 4 N–H and O–H groups in total. The van der Waals surface area contributed by atoms with Crippen molar-refractivity contribution in [3.8, 4) is 17.2 Å². The molecule has 1 aromatic heterocycles. The summed E-state index contributed by atoms with van der Waals surface area (Å²) in [5.74, 6) is -2.13. The number of hydrazone groups is 1. The van der Waals surface area contributed by atoms with E-state index in [1.165, 1.54) is 23.5 Å². The number of nitrogens with zero attached hydrogens (tertiary/aromatic N) is 1. The van der Waals surface area contributed by atoms with Crippen LogP contribution in [0.2, 0.25) is 5.02 Å². The van der Waals surface area contributed by atoms with Gasteiger partial charge in [-0.25, -0.2) is 5.43 Å². The molecule has 0 aliphatic heterocycles. The lowest BCUT2D eigenvalue weighted by molar-refractivity contribution is 0.0959. The average molecular weight is 363 g/mol. The van der Waals surface area contributed by atoms with E-state index in [2.05, 4.69) is 10.5 Å². The van der Waals surface area contributed by atoms with E-state index in [9.17, 15) is 20.1 Å². The van der Waals surface area contributed by atoms with Gasteiger partial charge in [-0.3, -0.25) is 4.79 Å². The predicted molar refractivity (Wildman–Crippen MR) is 93.3 cm³/mol. The standard InChI is InChI=1S/C16H11ClN2O4S/c17-12-9-3-1-2-4-11(9)24-15(12)16(23)19-18-7-8-5-6-10(20)14(22)13(8)21/h1-7,20-22H,(H,19,23)/b18-7+. The van der Waals surface area contributed by atoms with Crippen molar-refractivity contribution in [3.63, 3.8) is 0 Å². The van der Waals surface area contributed by atoms with E-state index in [4.69, 9.17) is 11.6 Å². The Bertz CT molecular complexity index is 968. The molecule has 0 aliphatic rings. The molecule has 24 heavy (non-hydrogen) atoms. The minimum atomic E-state index is -0.655.